The largest absolute Gasteiger partial charge is 0.341 e. The van der Waals surface area contributed by atoms with Gasteiger partial charge in [0.2, 0.25) is 5.82 Å². The number of aryl methyl sites for hydroxylation is 1. The summed E-state index contributed by atoms with van der Waals surface area (Å²) in [6, 6.07) is 2.21. The normalized spacial score (nSPS) is 10.3. The summed E-state index contributed by atoms with van der Waals surface area (Å²) in [6.45, 7) is 0. The Kier molecular flexibility index (Phi) is 1.73. The van der Waals surface area contributed by atoms with E-state index < -0.39 is 0 Å². The topological polar surface area (TPSA) is 68.8 Å². The lowest BCUT2D eigenvalue weighted by atomic mass is 10.4. The number of nitrogens with one attached hydrogen (secondary N) is 1. The zero-order chi connectivity index (χ0) is 9.26. The zero-order valence-electron chi connectivity index (χ0n) is 7.35. The Balaban J connectivity index is 2.35. The third-order valence-corrected chi connectivity index (χ3v) is 1.58. The lowest BCUT2D eigenvalue weighted by Crippen LogP contribution is -1.89. The van der Waals surface area contributed by atoms with Crippen LogP contribution in [0.1, 0.15) is 0 Å². The Morgan fingerprint density at radius 2 is 2.38 bits per heavy atom. The van der Waals surface area contributed by atoms with Crippen LogP contribution in [0.3, 0.4) is 0 Å². The SMILES string of the molecule is CNc1nc(-c2ccn(C)n2)no1. The van der Waals surface area contributed by atoms with Crippen LogP contribution in [-0.4, -0.2) is 27.0 Å². The zero-order valence-corrected chi connectivity index (χ0v) is 7.35. The van der Waals surface area contributed by atoms with Crippen molar-refractivity contribution in [3.05, 3.63) is 12.3 Å². The van der Waals surface area contributed by atoms with Gasteiger partial charge in [-0.2, -0.15) is 10.1 Å². The molecule has 2 aromatic rings. The summed E-state index contributed by atoms with van der Waals surface area (Å²) in [5, 5.41) is 10.6. The molecule has 0 unspecified atom stereocenters. The van der Waals surface area contributed by atoms with Crippen molar-refractivity contribution >= 4 is 6.01 Å². The smallest absolute Gasteiger partial charge is 0.321 e. The van der Waals surface area contributed by atoms with E-state index in [1.807, 2.05) is 19.3 Å². The van der Waals surface area contributed by atoms with E-state index in [1.54, 1.807) is 11.7 Å². The molecule has 0 amide bonds. The molecular formula is C7H9N5O. The Labute approximate surface area is 74.6 Å². The second kappa shape index (κ2) is 2.89. The molecule has 2 heterocycles. The number of hydrogen-bond donors (Lipinski definition) is 1. The van der Waals surface area contributed by atoms with Crippen molar-refractivity contribution < 1.29 is 4.52 Å². The van der Waals surface area contributed by atoms with E-state index >= 15 is 0 Å². The summed E-state index contributed by atoms with van der Waals surface area (Å²) in [6.07, 6.45) is 1.82. The highest BCUT2D eigenvalue weighted by Crippen LogP contribution is 2.13. The average Bonchev–Trinajstić information content (AvgIpc) is 2.71. The molecule has 2 aromatic heterocycles. The predicted molar refractivity (Wildman–Crippen MR) is 46.0 cm³/mol. The number of aromatic nitrogens is 4. The van der Waals surface area contributed by atoms with Crippen LogP contribution in [0, 0.1) is 0 Å². The van der Waals surface area contributed by atoms with Crippen molar-refractivity contribution in [1.82, 2.24) is 19.9 Å². The van der Waals surface area contributed by atoms with E-state index in [2.05, 4.69) is 20.6 Å². The summed E-state index contributed by atoms with van der Waals surface area (Å²) < 4.78 is 6.54. The summed E-state index contributed by atoms with van der Waals surface area (Å²) in [4.78, 5) is 4.05. The average molecular weight is 179 g/mol. The fourth-order valence-electron chi connectivity index (χ4n) is 0.963. The molecule has 0 saturated carbocycles. The summed E-state index contributed by atoms with van der Waals surface area (Å²) in [5.41, 5.74) is 0.702. The Morgan fingerprint density at radius 1 is 1.54 bits per heavy atom. The molecule has 68 valence electrons. The van der Waals surface area contributed by atoms with Crippen molar-refractivity contribution in [3.8, 4) is 11.5 Å². The summed E-state index contributed by atoms with van der Waals surface area (Å²) in [5.74, 6) is 0.491. The van der Waals surface area contributed by atoms with Crippen LogP contribution in [0.4, 0.5) is 6.01 Å². The van der Waals surface area contributed by atoms with Gasteiger partial charge >= 0.3 is 6.01 Å². The lowest BCUT2D eigenvalue weighted by Gasteiger charge is -1.85. The molecule has 13 heavy (non-hydrogen) atoms. The van der Waals surface area contributed by atoms with E-state index in [0.717, 1.165) is 0 Å². The predicted octanol–water partition coefficient (Wildman–Crippen LogP) is 0.512. The molecular weight excluding hydrogens is 170 g/mol. The van der Waals surface area contributed by atoms with Gasteiger partial charge in [0, 0.05) is 20.3 Å². The van der Waals surface area contributed by atoms with Gasteiger partial charge in [-0.05, 0) is 6.07 Å². The first-order valence-electron chi connectivity index (χ1n) is 3.81. The van der Waals surface area contributed by atoms with Crippen LogP contribution < -0.4 is 5.32 Å². The van der Waals surface area contributed by atoms with Crippen LogP contribution in [-0.2, 0) is 7.05 Å². The fourth-order valence-corrected chi connectivity index (χ4v) is 0.963. The van der Waals surface area contributed by atoms with Gasteiger partial charge in [0.1, 0.15) is 5.69 Å². The van der Waals surface area contributed by atoms with E-state index in [9.17, 15) is 0 Å². The van der Waals surface area contributed by atoms with Crippen molar-refractivity contribution in [3.63, 3.8) is 0 Å². The number of hydrogen-bond acceptors (Lipinski definition) is 5. The van der Waals surface area contributed by atoms with Crippen LogP contribution in [0.5, 0.6) is 0 Å². The standard InChI is InChI=1S/C7H9N5O/c1-8-7-9-6(11-13-7)5-3-4-12(2)10-5/h3-4H,1-2H3,(H,8,9,11). The van der Waals surface area contributed by atoms with Gasteiger partial charge in [-0.1, -0.05) is 5.16 Å². The maximum atomic E-state index is 4.86. The molecule has 0 aliphatic rings. The van der Waals surface area contributed by atoms with Crippen molar-refractivity contribution in [2.45, 2.75) is 0 Å². The lowest BCUT2D eigenvalue weighted by molar-refractivity contribution is 0.434. The van der Waals surface area contributed by atoms with Crippen LogP contribution >= 0.6 is 0 Å². The van der Waals surface area contributed by atoms with Gasteiger partial charge < -0.3 is 9.84 Å². The van der Waals surface area contributed by atoms with Crippen molar-refractivity contribution in [1.29, 1.82) is 0 Å². The van der Waals surface area contributed by atoms with Crippen molar-refractivity contribution in [2.24, 2.45) is 7.05 Å². The van der Waals surface area contributed by atoms with E-state index in [4.69, 9.17) is 4.52 Å². The molecule has 0 aliphatic carbocycles. The molecule has 0 spiro atoms. The minimum absolute atomic E-state index is 0.389. The van der Waals surface area contributed by atoms with Gasteiger partial charge in [0.25, 0.3) is 0 Å². The maximum Gasteiger partial charge on any atom is 0.321 e. The molecule has 0 bridgehead atoms. The third kappa shape index (κ3) is 1.37. The van der Waals surface area contributed by atoms with Crippen LogP contribution in [0.2, 0.25) is 0 Å². The number of anilines is 1. The number of nitrogens with zero attached hydrogens (tertiary/aromatic N) is 4. The highest BCUT2D eigenvalue weighted by Gasteiger charge is 2.08. The maximum absolute atomic E-state index is 4.86. The highest BCUT2D eigenvalue weighted by molar-refractivity contribution is 5.48. The van der Waals surface area contributed by atoms with Crippen molar-refractivity contribution in [2.75, 3.05) is 12.4 Å². The monoisotopic (exact) mass is 179 g/mol. The summed E-state index contributed by atoms with van der Waals surface area (Å²) in [7, 11) is 3.55. The summed E-state index contributed by atoms with van der Waals surface area (Å²) >= 11 is 0. The Bertz CT molecular complexity index is 404. The molecule has 2 rings (SSSR count). The van der Waals surface area contributed by atoms with Gasteiger partial charge in [0.15, 0.2) is 0 Å². The fraction of sp³-hybridized carbons (Fsp3) is 0.286. The molecule has 0 aromatic carbocycles. The molecule has 0 radical (unpaired) electrons. The second-order valence-corrected chi connectivity index (χ2v) is 2.55. The van der Waals surface area contributed by atoms with E-state index in [-0.39, 0.29) is 0 Å². The first-order chi connectivity index (χ1) is 6.29. The first kappa shape index (κ1) is 7.78. The van der Waals surface area contributed by atoms with E-state index in [0.29, 0.717) is 17.5 Å². The second-order valence-electron chi connectivity index (χ2n) is 2.55. The first-order valence-corrected chi connectivity index (χ1v) is 3.81. The highest BCUT2D eigenvalue weighted by atomic mass is 16.5. The van der Waals surface area contributed by atoms with Gasteiger partial charge in [0.05, 0.1) is 0 Å². The molecule has 6 heteroatoms. The molecule has 0 atom stereocenters. The third-order valence-electron chi connectivity index (χ3n) is 1.58. The molecule has 6 nitrogen and oxygen atoms in total. The molecule has 0 aliphatic heterocycles. The minimum atomic E-state index is 0.389. The van der Waals surface area contributed by atoms with Crippen LogP contribution in [0.15, 0.2) is 16.8 Å². The van der Waals surface area contributed by atoms with Gasteiger partial charge in [-0.15, -0.1) is 0 Å². The Hall–Kier alpha value is -1.85. The Morgan fingerprint density at radius 3 is 2.92 bits per heavy atom. The van der Waals surface area contributed by atoms with Gasteiger partial charge in [-0.25, -0.2) is 0 Å². The minimum Gasteiger partial charge on any atom is -0.341 e. The van der Waals surface area contributed by atoms with E-state index in [1.165, 1.54) is 0 Å². The van der Waals surface area contributed by atoms with Gasteiger partial charge in [-0.3, -0.25) is 4.68 Å². The molecule has 0 saturated heterocycles. The number of rotatable bonds is 2. The molecule has 1 N–H and O–H groups in total. The molecule has 0 fully saturated rings. The quantitative estimate of drug-likeness (QED) is 0.727. The van der Waals surface area contributed by atoms with Crippen LogP contribution in [0.25, 0.3) is 11.5 Å².